The number of benzene rings is 1. The van der Waals surface area contributed by atoms with E-state index in [1.165, 1.54) is 0 Å². The molecule has 1 unspecified atom stereocenters. The number of carbonyl (C=O) groups excluding carboxylic acids is 1. The van der Waals surface area contributed by atoms with Crippen LogP contribution in [-0.4, -0.2) is 55.4 Å². The summed E-state index contributed by atoms with van der Waals surface area (Å²) < 4.78 is 39.1. The van der Waals surface area contributed by atoms with E-state index in [1.807, 2.05) is 46.8 Å². The number of sulfone groups is 1. The van der Waals surface area contributed by atoms with Crippen LogP contribution in [0.15, 0.2) is 29.2 Å². The van der Waals surface area contributed by atoms with Crippen molar-refractivity contribution in [3.05, 3.63) is 24.3 Å². The Morgan fingerprint density at radius 3 is 1.94 bits per heavy atom. The minimum atomic E-state index is -3.41. The Balaban J connectivity index is 1.27. The van der Waals surface area contributed by atoms with Crippen LogP contribution in [0.4, 0.5) is 0 Å². The van der Waals surface area contributed by atoms with Crippen molar-refractivity contribution < 1.29 is 22.5 Å². The number of carbonyl (C=O) groups is 1. The standard InChI is InChI=1S/C26H38BNO5S/c1-19-10-17-28(22(19)29)26-14-11-25(12-15-26,13-16-26)18-34(30,31)21-8-6-20(7-9-21)27-32-23(2,3)24(4,5)33-27/h6-9,19H,10-18H2,1-5H3. The monoisotopic (exact) mass is 487 g/mol. The third-order valence-corrected chi connectivity index (χ3v) is 11.7. The summed E-state index contributed by atoms with van der Waals surface area (Å²) in [6, 6.07) is 7.04. The predicted molar refractivity (Wildman–Crippen MR) is 133 cm³/mol. The van der Waals surface area contributed by atoms with Gasteiger partial charge in [-0.05, 0) is 95.7 Å². The van der Waals surface area contributed by atoms with Crippen LogP contribution < -0.4 is 5.46 Å². The van der Waals surface area contributed by atoms with Crippen molar-refractivity contribution in [3.8, 4) is 0 Å². The van der Waals surface area contributed by atoms with Crippen LogP contribution in [0.2, 0.25) is 0 Å². The normalized spacial score (nSPS) is 34.7. The van der Waals surface area contributed by atoms with Crippen LogP contribution in [-0.2, 0) is 23.9 Å². The molecule has 1 aromatic rings. The minimum absolute atomic E-state index is 0.0299. The molecule has 6 nitrogen and oxygen atoms in total. The number of fused-ring (bicyclic) bond motifs is 3. The Kier molecular flexibility index (Phi) is 5.59. The molecule has 2 bridgehead atoms. The van der Waals surface area contributed by atoms with Crippen LogP contribution in [0.3, 0.4) is 0 Å². The first-order valence-corrected chi connectivity index (χ1v) is 14.4. The maximum Gasteiger partial charge on any atom is 0.494 e. The number of likely N-dealkylation sites (tertiary alicyclic amines) is 1. The van der Waals surface area contributed by atoms with E-state index < -0.39 is 28.2 Å². The molecule has 2 heterocycles. The van der Waals surface area contributed by atoms with E-state index in [1.54, 1.807) is 12.1 Å². The quantitative estimate of drug-likeness (QED) is 0.592. The molecule has 6 rings (SSSR count). The molecule has 2 saturated heterocycles. The van der Waals surface area contributed by atoms with Gasteiger partial charge >= 0.3 is 7.12 Å². The smallest absolute Gasteiger partial charge is 0.399 e. The van der Waals surface area contributed by atoms with E-state index in [9.17, 15) is 13.2 Å². The van der Waals surface area contributed by atoms with Crippen LogP contribution in [0.1, 0.15) is 79.6 Å². The lowest BCUT2D eigenvalue weighted by Gasteiger charge is -2.56. The Bertz CT molecular complexity index is 1040. The SMILES string of the molecule is CC1CCN(C23CCC(CS(=O)(=O)c4ccc(B5OC(C)(C)C(C)(C)O5)cc4)(CC2)CC3)C1=O. The lowest BCUT2D eigenvalue weighted by Crippen LogP contribution is -2.58. The Morgan fingerprint density at radius 1 is 0.941 bits per heavy atom. The van der Waals surface area contributed by atoms with E-state index >= 15 is 0 Å². The molecule has 3 aliphatic carbocycles. The van der Waals surface area contributed by atoms with Gasteiger partial charge in [0.15, 0.2) is 9.84 Å². The molecule has 2 aliphatic heterocycles. The fourth-order valence-electron chi connectivity index (χ4n) is 6.46. The fraction of sp³-hybridized carbons (Fsp3) is 0.731. The molecule has 5 fully saturated rings. The van der Waals surface area contributed by atoms with Gasteiger partial charge in [-0.2, -0.15) is 0 Å². The van der Waals surface area contributed by atoms with E-state index in [0.717, 1.165) is 57.0 Å². The highest BCUT2D eigenvalue weighted by Crippen LogP contribution is 2.56. The topological polar surface area (TPSA) is 72.9 Å². The van der Waals surface area contributed by atoms with E-state index in [4.69, 9.17) is 9.31 Å². The number of nitrogens with zero attached hydrogens (tertiary/aromatic N) is 1. The van der Waals surface area contributed by atoms with Crippen molar-refractivity contribution in [2.45, 2.75) is 101 Å². The zero-order valence-electron chi connectivity index (χ0n) is 21.2. The summed E-state index contributed by atoms with van der Waals surface area (Å²) in [5.41, 5.74) is -0.232. The lowest BCUT2D eigenvalue weighted by atomic mass is 9.57. The van der Waals surface area contributed by atoms with Crippen LogP contribution >= 0.6 is 0 Å². The summed E-state index contributed by atoms with van der Waals surface area (Å²) >= 11 is 0. The Labute approximate surface area is 204 Å². The molecule has 8 heteroatoms. The third-order valence-electron chi connectivity index (χ3n) is 9.67. The molecule has 34 heavy (non-hydrogen) atoms. The highest BCUT2D eigenvalue weighted by molar-refractivity contribution is 7.91. The number of amides is 1. The van der Waals surface area contributed by atoms with Gasteiger partial charge in [0.1, 0.15) is 0 Å². The first kappa shape index (κ1) is 24.3. The average Bonchev–Trinajstić information content (AvgIpc) is 3.23. The summed E-state index contributed by atoms with van der Waals surface area (Å²) in [5, 5.41) is 0. The lowest BCUT2D eigenvalue weighted by molar-refractivity contribution is -0.142. The molecule has 0 N–H and O–H groups in total. The first-order valence-electron chi connectivity index (χ1n) is 12.8. The zero-order chi connectivity index (χ0) is 24.6. The van der Waals surface area contributed by atoms with Gasteiger partial charge < -0.3 is 14.2 Å². The highest BCUT2D eigenvalue weighted by Gasteiger charge is 2.55. The second-order valence-electron chi connectivity index (χ2n) is 12.3. The van der Waals surface area contributed by atoms with Crippen LogP contribution in [0.25, 0.3) is 0 Å². The molecule has 1 aromatic carbocycles. The van der Waals surface area contributed by atoms with Crippen LogP contribution in [0, 0.1) is 11.3 Å². The van der Waals surface area contributed by atoms with Gasteiger partial charge in [0.05, 0.1) is 21.9 Å². The first-order chi connectivity index (χ1) is 15.8. The fourth-order valence-corrected chi connectivity index (χ4v) is 8.41. The van der Waals surface area contributed by atoms with Gasteiger partial charge in [-0.1, -0.05) is 19.1 Å². The molecule has 5 aliphatic rings. The summed E-state index contributed by atoms with van der Waals surface area (Å²) in [6.45, 7) is 10.9. The largest absolute Gasteiger partial charge is 0.494 e. The zero-order valence-corrected chi connectivity index (χ0v) is 22.0. The molecule has 1 atom stereocenters. The molecular weight excluding hydrogens is 449 g/mol. The Morgan fingerprint density at radius 2 is 1.47 bits per heavy atom. The number of hydrogen-bond acceptors (Lipinski definition) is 5. The van der Waals surface area contributed by atoms with Gasteiger partial charge in [0.2, 0.25) is 5.91 Å². The van der Waals surface area contributed by atoms with Crippen molar-refractivity contribution in [2.24, 2.45) is 11.3 Å². The van der Waals surface area contributed by atoms with Crippen molar-refractivity contribution in [1.29, 1.82) is 0 Å². The maximum atomic E-state index is 13.4. The average molecular weight is 487 g/mol. The highest BCUT2D eigenvalue weighted by atomic mass is 32.2. The van der Waals surface area contributed by atoms with Gasteiger partial charge in [-0.25, -0.2) is 8.42 Å². The van der Waals surface area contributed by atoms with Gasteiger partial charge in [-0.3, -0.25) is 4.79 Å². The number of hydrogen-bond donors (Lipinski definition) is 0. The molecule has 0 radical (unpaired) electrons. The molecule has 0 aromatic heterocycles. The minimum Gasteiger partial charge on any atom is -0.399 e. The van der Waals surface area contributed by atoms with E-state index in [2.05, 4.69) is 4.90 Å². The Hall–Kier alpha value is -1.38. The summed E-state index contributed by atoms with van der Waals surface area (Å²) in [4.78, 5) is 15.2. The molecule has 1 amide bonds. The molecule has 3 saturated carbocycles. The van der Waals surface area contributed by atoms with Crippen molar-refractivity contribution in [2.75, 3.05) is 12.3 Å². The van der Waals surface area contributed by atoms with Gasteiger partial charge in [0, 0.05) is 18.0 Å². The van der Waals surface area contributed by atoms with Gasteiger partial charge in [0.25, 0.3) is 0 Å². The maximum absolute atomic E-state index is 13.4. The van der Waals surface area contributed by atoms with E-state index in [0.29, 0.717) is 10.8 Å². The van der Waals surface area contributed by atoms with Gasteiger partial charge in [-0.15, -0.1) is 0 Å². The van der Waals surface area contributed by atoms with Crippen molar-refractivity contribution in [1.82, 2.24) is 4.90 Å². The van der Waals surface area contributed by atoms with Crippen LogP contribution in [0.5, 0.6) is 0 Å². The van der Waals surface area contributed by atoms with Crippen molar-refractivity contribution in [3.63, 3.8) is 0 Å². The summed E-state index contributed by atoms with van der Waals surface area (Å²) in [5.74, 6) is 0.614. The third kappa shape index (κ3) is 3.84. The second-order valence-corrected chi connectivity index (χ2v) is 14.3. The predicted octanol–water partition coefficient (Wildman–Crippen LogP) is 3.72. The molecular formula is C26H38BNO5S. The summed E-state index contributed by atoms with van der Waals surface area (Å²) in [6.07, 6.45) is 6.40. The summed E-state index contributed by atoms with van der Waals surface area (Å²) in [7, 11) is -3.91. The second kappa shape index (κ2) is 7.81. The molecule has 186 valence electrons. The van der Waals surface area contributed by atoms with E-state index in [-0.39, 0.29) is 22.6 Å². The molecule has 0 spiro atoms. The number of rotatable bonds is 5. The van der Waals surface area contributed by atoms with Crippen molar-refractivity contribution >= 4 is 28.3 Å².